The maximum absolute atomic E-state index is 10.6. The van der Waals surface area contributed by atoms with Crippen molar-refractivity contribution in [1.29, 1.82) is 0 Å². The third-order valence-corrected chi connectivity index (χ3v) is 2.23. The van der Waals surface area contributed by atoms with Crippen molar-refractivity contribution in [1.82, 2.24) is 10.1 Å². The van der Waals surface area contributed by atoms with Gasteiger partial charge in [-0.3, -0.25) is 0 Å². The zero-order chi connectivity index (χ0) is 11.5. The maximum Gasteiger partial charge on any atom is 0.377 e. The molecule has 0 fully saturated rings. The molecule has 1 aromatic heterocycles. The minimum absolute atomic E-state index is 0.222. The summed E-state index contributed by atoms with van der Waals surface area (Å²) in [5.41, 5.74) is 1.92. The van der Waals surface area contributed by atoms with Crippen LogP contribution in [0.15, 0.2) is 28.8 Å². The summed E-state index contributed by atoms with van der Waals surface area (Å²) in [6, 6.07) is 7.55. The Kier molecular flexibility index (Phi) is 2.68. The summed E-state index contributed by atoms with van der Waals surface area (Å²) in [6.45, 7) is 2.06. The number of carbonyl (C=O) groups is 1. The molecule has 0 bridgehead atoms. The molecule has 0 aliphatic heterocycles. The summed E-state index contributed by atoms with van der Waals surface area (Å²) in [7, 11) is 0. The van der Waals surface area contributed by atoms with E-state index in [1.807, 2.05) is 24.3 Å². The lowest BCUT2D eigenvalue weighted by Crippen LogP contribution is -1.98. The van der Waals surface area contributed by atoms with Crippen LogP contribution < -0.4 is 0 Å². The van der Waals surface area contributed by atoms with Gasteiger partial charge in [0.15, 0.2) is 0 Å². The van der Waals surface area contributed by atoms with E-state index in [1.54, 1.807) is 0 Å². The van der Waals surface area contributed by atoms with Crippen molar-refractivity contribution < 1.29 is 14.4 Å². The van der Waals surface area contributed by atoms with Crippen LogP contribution in [-0.2, 0) is 6.42 Å². The molecule has 2 aromatic rings. The monoisotopic (exact) mass is 218 g/mol. The zero-order valence-electron chi connectivity index (χ0n) is 8.67. The number of carboxylic acids is 1. The molecule has 0 spiro atoms. The van der Waals surface area contributed by atoms with Crippen molar-refractivity contribution in [2.45, 2.75) is 13.3 Å². The van der Waals surface area contributed by atoms with E-state index in [9.17, 15) is 4.79 Å². The van der Waals surface area contributed by atoms with Crippen LogP contribution >= 0.6 is 0 Å². The largest absolute Gasteiger partial charge is 0.475 e. The van der Waals surface area contributed by atoms with Gasteiger partial charge in [0.1, 0.15) is 0 Å². The van der Waals surface area contributed by atoms with Crippen molar-refractivity contribution >= 4 is 5.97 Å². The van der Waals surface area contributed by atoms with Crippen molar-refractivity contribution in [2.75, 3.05) is 0 Å². The van der Waals surface area contributed by atoms with Gasteiger partial charge in [0, 0.05) is 5.56 Å². The summed E-state index contributed by atoms with van der Waals surface area (Å²) >= 11 is 0. The number of hydrogen-bond acceptors (Lipinski definition) is 4. The third kappa shape index (κ3) is 1.93. The first kappa shape index (κ1) is 10.4. The lowest BCUT2D eigenvalue weighted by Gasteiger charge is -1.96. The van der Waals surface area contributed by atoms with Crippen LogP contribution in [0.3, 0.4) is 0 Å². The second kappa shape index (κ2) is 4.14. The highest BCUT2D eigenvalue weighted by atomic mass is 16.5. The SMILES string of the molecule is CCc1ccc(-c2nc(C(=O)O)no2)cc1. The zero-order valence-corrected chi connectivity index (χ0v) is 8.67. The minimum Gasteiger partial charge on any atom is -0.475 e. The van der Waals surface area contributed by atoms with E-state index >= 15 is 0 Å². The van der Waals surface area contributed by atoms with Gasteiger partial charge in [-0.2, -0.15) is 4.98 Å². The third-order valence-electron chi connectivity index (χ3n) is 2.23. The fourth-order valence-corrected chi connectivity index (χ4v) is 1.31. The number of aromatic nitrogens is 2. The quantitative estimate of drug-likeness (QED) is 0.852. The van der Waals surface area contributed by atoms with E-state index in [0.717, 1.165) is 12.0 Å². The highest BCUT2D eigenvalue weighted by molar-refractivity contribution is 5.83. The predicted octanol–water partition coefficient (Wildman–Crippen LogP) is 2.00. The average molecular weight is 218 g/mol. The molecule has 2 rings (SSSR count). The molecule has 0 aliphatic carbocycles. The van der Waals surface area contributed by atoms with Crippen molar-refractivity contribution in [3.63, 3.8) is 0 Å². The number of benzene rings is 1. The van der Waals surface area contributed by atoms with Crippen LogP contribution in [0.5, 0.6) is 0 Å². The van der Waals surface area contributed by atoms with E-state index in [4.69, 9.17) is 9.63 Å². The molecular weight excluding hydrogens is 208 g/mol. The minimum atomic E-state index is -1.19. The highest BCUT2D eigenvalue weighted by Gasteiger charge is 2.13. The van der Waals surface area contributed by atoms with Crippen molar-refractivity contribution in [2.24, 2.45) is 0 Å². The fraction of sp³-hybridized carbons (Fsp3) is 0.182. The van der Waals surface area contributed by atoms with Crippen LogP contribution in [0, 0.1) is 0 Å². The van der Waals surface area contributed by atoms with Crippen LogP contribution in [0.4, 0.5) is 0 Å². The molecule has 0 unspecified atom stereocenters. The van der Waals surface area contributed by atoms with Gasteiger partial charge in [-0.05, 0) is 29.3 Å². The standard InChI is InChI=1S/C11H10N2O3/c1-2-7-3-5-8(6-4-7)10-12-9(11(14)15)13-16-10/h3-6H,2H2,1H3,(H,14,15). The first-order valence-electron chi connectivity index (χ1n) is 4.87. The Hall–Kier alpha value is -2.17. The van der Waals surface area contributed by atoms with E-state index in [2.05, 4.69) is 17.1 Å². The second-order valence-electron chi connectivity index (χ2n) is 3.28. The molecule has 1 aromatic carbocycles. The van der Waals surface area contributed by atoms with Gasteiger partial charge >= 0.3 is 5.97 Å². The van der Waals surface area contributed by atoms with Gasteiger partial charge in [-0.1, -0.05) is 19.1 Å². The van der Waals surface area contributed by atoms with Crippen LogP contribution in [0.2, 0.25) is 0 Å². The lowest BCUT2D eigenvalue weighted by molar-refractivity contribution is 0.0680. The number of carboxylic acid groups (broad SMARTS) is 1. The van der Waals surface area contributed by atoms with Crippen molar-refractivity contribution in [3.05, 3.63) is 35.7 Å². The smallest absolute Gasteiger partial charge is 0.377 e. The molecule has 1 N–H and O–H groups in total. The van der Waals surface area contributed by atoms with E-state index in [-0.39, 0.29) is 11.7 Å². The molecule has 16 heavy (non-hydrogen) atoms. The van der Waals surface area contributed by atoms with Gasteiger partial charge in [0.2, 0.25) is 0 Å². The van der Waals surface area contributed by atoms with Gasteiger partial charge in [0.25, 0.3) is 11.7 Å². The Balaban J connectivity index is 2.31. The Morgan fingerprint density at radius 2 is 2.06 bits per heavy atom. The Morgan fingerprint density at radius 1 is 1.38 bits per heavy atom. The topological polar surface area (TPSA) is 76.2 Å². The van der Waals surface area contributed by atoms with Crippen molar-refractivity contribution in [3.8, 4) is 11.5 Å². The van der Waals surface area contributed by atoms with Gasteiger partial charge in [-0.25, -0.2) is 4.79 Å². The van der Waals surface area contributed by atoms with E-state index in [1.165, 1.54) is 5.56 Å². The molecule has 0 saturated carbocycles. The second-order valence-corrected chi connectivity index (χ2v) is 3.28. The predicted molar refractivity (Wildman–Crippen MR) is 56.1 cm³/mol. The number of aromatic carboxylic acids is 1. The summed E-state index contributed by atoms with van der Waals surface area (Å²) in [5.74, 6) is -1.30. The molecule has 1 heterocycles. The lowest BCUT2D eigenvalue weighted by atomic mass is 10.1. The van der Waals surface area contributed by atoms with E-state index in [0.29, 0.717) is 0 Å². The Labute approximate surface area is 91.7 Å². The number of hydrogen-bond donors (Lipinski definition) is 1. The molecule has 5 heteroatoms. The first-order valence-corrected chi connectivity index (χ1v) is 4.87. The molecule has 5 nitrogen and oxygen atoms in total. The first-order chi connectivity index (χ1) is 7.70. The number of aryl methyl sites for hydroxylation is 1. The van der Waals surface area contributed by atoms with Gasteiger partial charge < -0.3 is 9.63 Å². The molecule has 0 amide bonds. The van der Waals surface area contributed by atoms with Gasteiger partial charge in [-0.15, -0.1) is 0 Å². The molecule has 0 aliphatic rings. The Morgan fingerprint density at radius 3 is 2.56 bits per heavy atom. The fourth-order valence-electron chi connectivity index (χ4n) is 1.31. The molecule has 0 atom stereocenters. The summed E-state index contributed by atoms with van der Waals surface area (Å²) in [5, 5.41) is 12.0. The Bertz CT molecular complexity index is 502. The number of rotatable bonds is 3. The normalized spacial score (nSPS) is 10.3. The molecular formula is C11H10N2O3. The molecule has 82 valence electrons. The van der Waals surface area contributed by atoms with E-state index < -0.39 is 5.97 Å². The van der Waals surface area contributed by atoms with Gasteiger partial charge in [0.05, 0.1) is 0 Å². The highest BCUT2D eigenvalue weighted by Crippen LogP contribution is 2.17. The average Bonchev–Trinajstić information content (AvgIpc) is 2.78. The summed E-state index contributed by atoms with van der Waals surface area (Å²) < 4.78 is 4.84. The summed E-state index contributed by atoms with van der Waals surface area (Å²) in [6.07, 6.45) is 0.949. The van der Waals surface area contributed by atoms with Crippen LogP contribution in [0.1, 0.15) is 23.1 Å². The number of nitrogens with zero attached hydrogens (tertiary/aromatic N) is 2. The molecule has 0 saturated heterocycles. The summed E-state index contributed by atoms with van der Waals surface area (Å²) in [4.78, 5) is 14.3. The molecule has 0 radical (unpaired) electrons. The maximum atomic E-state index is 10.6. The van der Waals surface area contributed by atoms with Crippen LogP contribution in [-0.4, -0.2) is 21.2 Å². The van der Waals surface area contributed by atoms with Crippen LogP contribution in [0.25, 0.3) is 11.5 Å².